The SMILES string of the molecule is CCCCCCCCCCCCCOC(=O)C(CCC)NC(=O)OCC(CC)CCCC. The molecule has 0 aliphatic heterocycles. The van der Waals surface area contributed by atoms with Crippen molar-refractivity contribution in [2.75, 3.05) is 13.2 Å². The van der Waals surface area contributed by atoms with E-state index in [0.29, 0.717) is 25.6 Å². The van der Waals surface area contributed by atoms with Gasteiger partial charge in [0, 0.05) is 0 Å². The number of amides is 1. The first kappa shape index (κ1) is 30.7. The zero-order chi connectivity index (χ0) is 23.9. The van der Waals surface area contributed by atoms with Crippen molar-refractivity contribution >= 4 is 12.1 Å². The van der Waals surface area contributed by atoms with Gasteiger partial charge in [0.05, 0.1) is 13.2 Å². The quantitative estimate of drug-likeness (QED) is 0.133. The van der Waals surface area contributed by atoms with Gasteiger partial charge >= 0.3 is 12.1 Å². The van der Waals surface area contributed by atoms with Gasteiger partial charge in [-0.1, -0.05) is 118 Å². The van der Waals surface area contributed by atoms with E-state index in [0.717, 1.165) is 44.9 Å². The molecular formula is C27H53NO4. The van der Waals surface area contributed by atoms with Crippen LogP contribution in [0, 0.1) is 5.92 Å². The standard InChI is InChI=1S/C27H53NO4/c1-5-9-11-12-13-14-15-16-17-18-19-22-31-26(29)25(20-7-3)28-27(30)32-23-24(8-4)21-10-6-2/h24-25H,5-23H2,1-4H3,(H,28,30). The van der Waals surface area contributed by atoms with Crippen LogP contribution < -0.4 is 5.32 Å². The minimum atomic E-state index is -0.615. The normalized spacial score (nSPS) is 12.9. The minimum absolute atomic E-state index is 0.339. The first-order valence-electron chi connectivity index (χ1n) is 13.7. The molecule has 1 amide bonds. The number of ether oxygens (including phenoxy) is 2. The van der Waals surface area contributed by atoms with E-state index >= 15 is 0 Å². The molecule has 190 valence electrons. The Bertz CT molecular complexity index is 441. The van der Waals surface area contributed by atoms with Crippen LogP contribution in [0.5, 0.6) is 0 Å². The maximum atomic E-state index is 12.4. The number of alkyl carbamates (subject to hydrolysis) is 1. The van der Waals surface area contributed by atoms with Crippen LogP contribution in [-0.4, -0.2) is 31.3 Å². The van der Waals surface area contributed by atoms with E-state index in [4.69, 9.17) is 9.47 Å². The van der Waals surface area contributed by atoms with E-state index in [2.05, 4.69) is 26.1 Å². The fourth-order valence-corrected chi connectivity index (χ4v) is 3.85. The van der Waals surface area contributed by atoms with Crippen LogP contribution in [0.15, 0.2) is 0 Å². The smallest absolute Gasteiger partial charge is 0.407 e. The third-order valence-electron chi connectivity index (χ3n) is 6.14. The molecule has 0 spiro atoms. The van der Waals surface area contributed by atoms with E-state index in [1.165, 1.54) is 57.8 Å². The van der Waals surface area contributed by atoms with Crippen LogP contribution in [0.25, 0.3) is 0 Å². The van der Waals surface area contributed by atoms with Crippen molar-refractivity contribution in [3.8, 4) is 0 Å². The Kier molecular flexibility index (Phi) is 22.0. The molecule has 0 heterocycles. The zero-order valence-electron chi connectivity index (χ0n) is 21.7. The molecule has 0 aliphatic rings. The van der Waals surface area contributed by atoms with Crippen LogP contribution in [-0.2, 0) is 14.3 Å². The molecule has 0 saturated heterocycles. The lowest BCUT2D eigenvalue weighted by Gasteiger charge is -2.19. The lowest BCUT2D eigenvalue weighted by atomic mass is 10.0. The summed E-state index contributed by atoms with van der Waals surface area (Å²) in [6, 6.07) is -0.615. The zero-order valence-corrected chi connectivity index (χ0v) is 21.7. The highest BCUT2D eigenvalue weighted by atomic mass is 16.6. The molecule has 32 heavy (non-hydrogen) atoms. The Balaban J connectivity index is 3.92. The van der Waals surface area contributed by atoms with Gasteiger partial charge in [-0.15, -0.1) is 0 Å². The summed E-state index contributed by atoms with van der Waals surface area (Å²) in [5.74, 6) is 0.0484. The lowest BCUT2D eigenvalue weighted by Crippen LogP contribution is -2.42. The molecule has 1 N–H and O–H groups in total. The van der Waals surface area contributed by atoms with Gasteiger partial charge in [-0.25, -0.2) is 9.59 Å². The van der Waals surface area contributed by atoms with Gasteiger partial charge in [0.15, 0.2) is 0 Å². The highest BCUT2D eigenvalue weighted by Crippen LogP contribution is 2.13. The van der Waals surface area contributed by atoms with Crippen molar-refractivity contribution in [1.82, 2.24) is 5.32 Å². The summed E-state index contributed by atoms with van der Waals surface area (Å²) in [6.45, 7) is 9.38. The van der Waals surface area contributed by atoms with Crippen molar-refractivity contribution in [2.24, 2.45) is 5.92 Å². The molecule has 2 atom stereocenters. The Morgan fingerprint density at radius 3 is 1.75 bits per heavy atom. The van der Waals surface area contributed by atoms with Crippen LogP contribution in [0.4, 0.5) is 4.79 Å². The monoisotopic (exact) mass is 455 g/mol. The second-order valence-electron chi connectivity index (χ2n) is 9.20. The van der Waals surface area contributed by atoms with Crippen molar-refractivity contribution in [1.29, 1.82) is 0 Å². The first-order valence-corrected chi connectivity index (χ1v) is 13.7. The van der Waals surface area contributed by atoms with E-state index in [9.17, 15) is 9.59 Å². The summed E-state index contributed by atoms with van der Waals surface area (Å²) in [5, 5.41) is 2.71. The summed E-state index contributed by atoms with van der Waals surface area (Å²) in [5.41, 5.74) is 0. The van der Waals surface area contributed by atoms with Crippen LogP contribution in [0.1, 0.15) is 137 Å². The number of hydrogen-bond donors (Lipinski definition) is 1. The number of nitrogens with one attached hydrogen (secondary N) is 1. The van der Waals surface area contributed by atoms with Crippen LogP contribution in [0.2, 0.25) is 0 Å². The van der Waals surface area contributed by atoms with E-state index < -0.39 is 12.1 Å². The van der Waals surface area contributed by atoms with Gasteiger partial charge in [0.2, 0.25) is 0 Å². The highest BCUT2D eigenvalue weighted by Gasteiger charge is 2.22. The molecule has 5 heteroatoms. The lowest BCUT2D eigenvalue weighted by molar-refractivity contribution is -0.146. The predicted octanol–water partition coefficient (Wildman–Crippen LogP) is 7.95. The van der Waals surface area contributed by atoms with Crippen LogP contribution in [0.3, 0.4) is 0 Å². The van der Waals surface area contributed by atoms with Gasteiger partial charge in [-0.2, -0.15) is 0 Å². The molecule has 0 fully saturated rings. The summed E-state index contributed by atoms with van der Waals surface area (Å²) in [6.07, 6.45) is 19.1. The summed E-state index contributed by atoms with van der Waals surface area (Å²) < 4.78 is 10.8. The van der Waals surface area contributed by atoms with Gasteiger partial charge in [0.1, 0.15) is 6.04 Å². The fourth-order valence-electron chi connectivity index (χ4n) is 3.85. The molecule has 5 nitrogen and oxygen atoms in total. The van der Waals surface area contributed by atoms with Crippen LogP contribution >= 0.6 is 0 Å². The number of carbonyl (C=O) groups is 2. The van der Waals surface area contributed by atoms with Gasteiger partial charge in [-0.3, -0.25) is 0 Å². The Hall–Kier alpha value is -1.26. The number of rotatable bonds is 22. The van der Waals surface area contributed by atoms with E-state index in [1.54, 1.807) is 0 Å². The Morgan fingerprint density at radius 1 is 0.656 bits per heavy atom. The number of hydrogen-bond acceptors (Lipinski definition) is 4. The molecule has 2 unspecified atom stereocenters. The van der Waals surface area contributed by atoms with Crippen molar-refractivity contribution in [3.05, 3.63) is 0 Å². The van der Waals surface area contributed by atoms with Gasteiger partial charge < -0.3 is 14.8 Å². The number of carbonyl (C=O) groups excluding carboxylic acids is 2. The van der Waals surface area contributed by atoms with Crippen molar-refractivity contribution in [2.45, 2.75) is 143 Å². The Labute approximate surface area is 198 Å². The third-order valence-corrected chi connectivity index (χ3v) is 6.14. The van der Waals surface area contributed by atoms with Gasteiger partial charge in [-0.05, 0) is 25.2 Å². The van der Waals surface area contributed by atoms with Gasteiger partial charge in [0.25, 0.3) is 0 Å². The Morgan fingerprint density at radius 2 is 1.22 bits per heavy atom. The average Bonchev–Trinajstić information content (AvgIpc) is 2.79. The second-order valence-corrected chi connectivity index (χ2v) is 9.20. The highest BCUT2D eigenvalue weighted by molar-refractivity contribution is 5.81. The third kappa shape index (κ3) is 18.3. The molecule has 0 aromatic heterocycles. The molecule has 0 aliphatic carbocycles. The molecule has 0 bridgehead atoms. The van der Waals surface area contributed by atoms with E-state index in [-0.39, 0.29) is 5.97 Å². The first-order chi connectivity index (χ1) is 15.6. The fraction of sp³-hybridized carbons (Fsp3) is 0.926. The largest absolute Gasteiger partial charge is 0.464 e. The maximum absolute atomic E-state index is 12.4. The van der Waals surface area contributed by atoms with Crippen molar-refractivity contribution < 1.29 is 19.1 Å². The second kappa shape index (κ2) is 22.9. The average molecular weight is 456 g/mol. The van der Waals surface area contributed by atoms with Crippen molar-refractivity contribution in [3.63, 3.8) is 0 Å². The maximum Gasteiger partial charge on any atom is 0.407 e. The summed E-state index contributed by atoms with van der Waals surface area (Å²) in [7, 11) is 0. The molecule has 0 aromatic rings. The molecular weight excluding hydrogens is 402 g/mol. The summed E-state index contributed by atoms with van der Waals surface area (Å²) >= 11 is 0. The minimum Gasteiger partial charge on any atom is -0.464 e. The number of esters is 1. The topological polar surface area (TPSA) is 64.6 Å². The molecule has 0 rings (SSSR count). The number of unbranched alkanes of at least 4 members (excludes halogenated alkanes) is 11. The summed E-state index contributed by atoms with van der Waals surface area (Å²) in [4.78, 5) is 24.6. The molecule has 0 saturated carbocycles. The molecule has 0 aromatic carbocycles. The van der Waals surface area contributed by atoms with E-state index in [1.807, 2.05) is 6.92 Å². The predicted molar refractivity (Wildman–Crippen MR) is 134 cm³/mol. The molecule has 0 radical (unpaired) electrons.